The second kappa shape index (κ2) is 8.15. The molecule has 1 aliphatic carbocycles. The lowest BCUT2D eigenvalue weighted by atomic mass is 9.85. The van der Waals surface area contributed by atoms with Crippen LogP contribution in [0.3, 0.4) is 0 Å². The van der Waals surface area contributed by atoms with E-state index < -0.39 is 5.54 Å². The van der Waals surface area contributed by atoms with E-state index >= 15 is 0 Å². The number of carbonyl (C=O) groups excluding carboxylic acids is 1. The van der Waals surface area contributed by atoms with Gasteiger partial charge in [0.05, 0.1) is 7.11 Å². The molecule has 0 aromatic carbocycles. The monoisotopic (exact) mass is 287 g/mol. The highest BCUT2D eigenvalue weighted by molar-refractivity contribution is 7.99. The summed E-state index contributed by atoms with van der Waals surface area (Å²) in [5.41, 5.74) is -0.417. The number of carbonyl (C=O) groups is 1. The number of hydrogen-bond donors (Lipinski definition) is 1. The topological polar surface area (TPSA) is 38.3 Å². The average molecular weight is 287 g/mol. The van der Waals surface area contributed by atoms with E-state index in [0.717, 1.165) is 38.0 Å². The van der Waals surface area contributed by atoms with Gasteiger partial charge in [0.25, 0.3) is 0 Å². The molecule has 0 heterocycles. The van der Waals surface area contributed by atoms with Gasteiger partial charge >= 0.3 is 5.97 Å². The molecular formula is C15H29NO2S. The van der Waals surface area contributed by atoms with E-state index in [0.29, 0.717) is 11.2 Å². The molecule has 0 saturated heterocycles. The van der Waals surface area contributed by atoms with E-state index in [1.165, 1.54) is 13.5 Å². The molecule has 1 fully saturated rings. The molecule has 0 spiro atoms. The standard InChI is InChI=1S/C15H29NO2S/c1-5-12(3)19-11-9-13-8-7-10-15(13,16-6-2)14(17)18-4/h12-13,16H,5-11H2,1-4H3. The van der Waals surface area contributed by atoms with E-state index in [1.807, 2.05) is 11.8 Å². The Labute approximate surface area is 122 Å². The minimum Gasteiger partial charge on any atom is -0.468 e. The van der Waals surface area contributed by atoms with Gasteiger partial charge in [-0.25, -0.2) is 0 Å². The summed E-state index contributed by atoms with van der Waals surface area (Å²) in [5.74, 6) is 1.51. The van der Waals surface area contributed by atoms with Crippen molar-refractivity contribution in [3.63, 3.8) is 0 Å². The predicted octanol–water partition coefficient (Wildman–Crippen LogP) is 3.23. The van der Waals surface area contributed by atoms with Gasteiger partial charge in [-0.2, -0.15) is 11.8 Å². The van der Waals surface area contributed by atoms with Gasteiger partial charge in [0.1, 0.15) is 5.54 Å². The SMILES string of the molecule is CCNC1(C(=O)OC)CCCC1CCSC(C)CC. The molecule has 4 heteroatoms. The van der Waals surface area contributed by atoms with Gasteiger partial charge < -0.3 is 10.1 Å². The third-order valence-electron chi connectivity index (χ3n) is 4.31. The van der Waals surface area contributed by atoms with Crippen molar-refractivity contribution in [2.75, 3.05) is 19.4 Å². The summed E-state index contributed by atoms with van der Waals surface area (Å²) in [6.07, 6.45) is 5.51. The summed E-state index contributed by atoms with van der Waals surface area (Å²) < 4.78 is 5.06. The molecule has 0 amide bonds. The summed E-state index contributed by atoms with van der Waals surface area (Å²) >= 11 is 2.02. The Morgan fingerprint density at radius 2 is 2.26 bits per heavy atom. The fourth-order valence-corrected chi connectivity index (χ4v) is 4.13. The van der Waals surface area contributed by atoms with Crippen molar-refractivity contribution in [3.8, 4) is 0 Å². The maximum atomic E-state index is 12.2. The molecule has 19 heavy (non-hydrogen) atoms. The Hall–Kier alpha value is -0.220. The van der Waals surface area contributed by atoms with Gasteiger partial charge in [-0.1, -0.05) is 27.2 Å². The Balaban J connectivity index is 2.61. The quantitative estimate of drug-likeness (QED) is 0.696. The van der Waals surface area contributed by atoms with E-state index in [2.05, 4.69) is 26.1 Å². The molecule has 1 saturated carbocycles. The summed E-state index contributed by atoms with van der Waals surface area (Å²) in [5, 5.41) is 4.14. The number of rotatable bonds is 8. The van der Waals surface area contributed by atoms with Crippen molar-refractivity contribution in [3.05, 3.63) is 0 Å². The van der Waals surface area contributed by atoms with Crippen LogP contribution < -0.4 is 5.32 Å². The number of esters is 1. The number of thioether (sulfide) groups is 1. The third-order valence-corrected chi connectivity index (χ3v) is 5.68. The van der Waals surface area contributed by atoms with Crippen LogP contribution in [-0.2, 0) is 9.53 Å². The van der Waals surface area contributed by atoms with Gasteiger partial charge in [-0.05, 0) is 43.9 Å². The Bertz CT molecular complexity index is 285. The van der Waals surface area contributed by atoms with E-state index in [1.54, 1.807) is 0 Å². The van der Waals surface area contributed by atoms with Crippen molar-refractivity contribution >= 4 is 17.7 Å². The first-order chi connectivity index (χ1) is 9.10. The lowest BCUT2D eigenvalue weighted by molar-refractivity contribution is -0.150. The molecule has 0 aliphatic heterocycles. The maximum absolute atomic E-state index is 12.2. The van der Waals surface area contributed by atoms with Crippen LogP contribution in [0.15, 0.2) is 0 Å². The predicted molar refractivity (Wildman–Crippen MR) is 82.6 cm³/mol. The van der Waals surface area contributed by atoms with Crippen molar-refractivity contribution in [2.24, 2.45) is 5.92 Å². The zero-order valence-electron chi connectivity index (χ0n) is 12.8. The summed E-state index contributed by atoms with van der Waals surface area (Å²) in [4.78, 5) is 12.2. The van der Waals surface area contributed by atoms with Gasteiger partial charge in [0.15, 0.2) is 0 Å². The Morgan fingerprint density at radius 1 is 1.53 bits per heavy atom. The summed E-state index contributed by atoms with van der Waals surface area (Å²) in [6, 6.07) is 0. The van der Waals surface area contributed by atoms with E-state index in [9.17, 15) is 4.79 Å². The van der Waals surface area contributed by atoms with E-state index in [-0.39, 0.29) is 5.97 Å². The first-order valence-electron chi connectivity index (χ1n) is 7.55. The zero-order chi connectivity index (χ0) is 14.3. The Morgan fingerprint density at radius 3 is 2.84 bits per heavy atom. The fourth-order valence-electron chi connectivity index (χ4n) is 3.07. The van der Waals surface area contributed by atoms with Gasteiger partial charge in [-0.15, -0.1) is 0 Å². The van der Waals surface area contributed by atoms with Crippen LogP contribution in [0.2, 0.25) is 0 Å². The van der Waals surface area contributed by atoms with Crippen molar-refractivity contribution in [1.29, 1.82) is 0 Å². The largest absolute Gasteiger partial charge is 0.468 e. The van der Waals surface area contributed by atoms with Gasteiger partial charge in [0.2, 0.25) is 0 Å². The second-order valence-corrected chi connectivity index (χ2v) is 7.01. The second-order valence-electron chi connectivity index (χ2n) is 5.46. The summed E-state index contributed by atoms with van der Waals surface area (Å²) in [7, 11) is 1.50. The van der Waals surface area contributed by atoms with Crippen LogP contribution in [0.1, 0.15) is 52.9 Å². The highest BCUT2D eigenvalue weighted by Crippen LogP contribution is 2.39. The molecule has 0 radical (unpaired) electrons. The number of nitrogens with one attached hydrogen (secondary N) is 1. The minimum atomic E-state index is -0.417. The molecular weight excluding hydrogens is 258 g/mol. The van der Waals surface area contributed by atoms with Crippen molar-refractivity contribution in [1.82, 2.24) is 5.32 Å². The minimum absolute atomic E-state index is 0.0645. The zero-order valence-corrected chi connectivity index (χ0v) is 13.6. The van der Waals surface area contributed by atoms with Crippen molar-refractivity contribution in [2.45, 2.75) is 63.7 Å². The van der Waals surface area contributed by atoms with Crippen molar-refractivity contribution < 1.29 is 9.53 Å². The highest BCUT2D eigenvalue weighted by Gasteiger charge is 2.48. The molecule has 3 atom stereocenters. The highest BCUT2D eigenvalue weighted by atomic mass is 32.2. The molecule has 1 aliphatic rings. The number of hydrogen-bond acceptors (Lipinski definition) is 4. The number of likely N-dealkylation sites (N-methyl/N-ethyl adjacent to an activating group) is 1. The summed E-state index contributed by atoms with van der Waals surface area (Å²) in [6.45, 7) is 7.39. The number of methoxy groups -OCH3 is 1. The molecule has 1 N–H and O–H groups in total. The first-order valence-corrected chi connectivity index (χ1v) is 8.60. The first kappa shape index (κ1) is 16.8. The van der Waals surface area contributed by atoms with Crippen LogP contribution in [0.5, 0.6) is 0 Å². The molecule has 0 bridgehead atoms. The molecule has 1 rings (SSSR count). The molecule has 0 aromatic rings. The average Bonchev–Trinajstić information content (AvgIpc) is 2.82. The smallest absolute Gasteiger partial charge is 0.326 e. The molecule has 3 nitrogen and oxygen atoms in total. The Kier molecular flexibility index (Phi) is 7.22. The molecule has 3 unspecified atom stereocenters. The maximum Gasteiger partial charge on any atom is 0.326 e. The third kappa shape index (κ3) is 4.12. The van der Waals surface area contributed by atoms with Crippen LogP contribution in [0, 0.1) is 5.92 Å². The van der Waals surface area contributed by atoms with Gasteiger partial charge in [-0.3, -0.25) is 4.79 Å². The number of ether oxygens (including phenoxy) is 1. The molecule has 0 aromatic heterocycles. The van der Waals surface area contributed by atoms with Crippen LogP contribution in [0.25, 0.3) is 0 Å². The van der Waals surface area contributed by atoms with Crippen LogP contribution in [0.4, 0.5) is 0 Å². The normalized spacial score (nSPS) is 28.3. The van der Waals surface area contributed by atoms with E-state index in [4.69, 9.17) is 4.74 Å². The van der Waals surface area contributed by atoms with Gasteiger partial charge in [0, 0.05) is 5.25 Å². The lowest BCUT2D eigenvalue weighted by Crippen LogP contribution is -2.55. The fraction of sp³-hybridized carbons (Fsp3) is 0.933. The van der Waals surface area contributed by atoms with Crippen LogP contribution >= 0.6 is 11.8 Å². The lowest BCUT2D eigenvalue weighted by Gasteiger charge is -2.33. The van der Waals surface area contributed by atoms with Crippen LogP contribution in [-0.4, -0.2) is 36.2 Å². The molecule has 112 valence electrons.